The average Bonchev–Trinajstić information content (AvgIpc) is 2.72. The Balaban J connectivity index is 1.35. The molecule has 1 aliphatic heterocycles. The fourth-order valence-electron chi connectivity index (χ4n) is 3.41. The summed E-state index contributed by atoms with van der Waals surface area (Å²) in [7, 11) is 0. The van der Waals surface area contributed by atoms with Crippen LogP contribution in [0.2, 0.25) is 10.0 Å². The molecule has 0 saturated carbocycles. The van der Waals surface area contributed by atoms with Gasteiger partial charge in [0.2, 0.25) is 0 Å². The Hall–Kier alpha value is -1.99. The molecule has 0 aliphatic carbocycles. The molecule has 0 radical (unpaired) electrons. The van der Waals surface area contributed by atoms with Crippen molar-refractivity contribution in [3.63, 3.8) is 0 Å². The molecule has 2 amide bonds. The Morgan fingerprint density at radius 1 is 1.20 bits per heavy atom. The lowest BCUT2D eigenvalue weighted by molar-refractivity contribution is 0.0621. The first-order chi connectivity index (χ1) is 14.4. The van der Waals surface area contributed by atoms with Crippen LogP contribution in [-0.2, 0) is 0 Å². The molecule has 1 heterocycles. The first kappa shape index (κ1) is 22.7. The van der Waals surface area contributed by atoms with E-state index in [1.165, 1.54) is 0 Å². The summed E-state index contributed by atoms with van der Waals surface area (Å²) in [5.74, 6) is 0.715. The van der Waals surface area contributed by atoms with Gasteiger partial charge >= 0.3 is 6.03 Å². The molecule has 0 aromatic heterocycles. The Labute approximate surface area is 187 Å². The quantitative estimate of drug-likeness (QED) is 0.585. The zero-order valence-electron chi connectivity index (χ0n) is 16.9. The second-order valence-electron chi connectivity index (χ2n) is 7.50. The van der Waals surface area contributed by atoms with E-state index in [9.17, 15) is 9.90 Å². The number of carbonyl (C=O) groups excluding carboxylic acids is 1. The van der Waals surface area contributed by atoms with Crippen molar-refractivity contribution in [1.82, 2.24) is 10.2 Å². The van der Waals surface area contributed by atoms with Gasteiger partial charge in [-0.2, -0.15) is 0 Å². The molecule has 1 atom stereocenters. The second-order valence-corrected chi connectivity index (χ2v) is 8.31. The predicted molar refractivity (Wildman–Crippen MR) is 121 cm³/mol. The number of urea groups is 1. The maximum absolute atomic E-state index is 12.0. The number of aryl methyl sites for hydroxylation is 1. The van der Waals surface area contributed by atoms with Gasteiger partial charge in [0.15, 0.2) is 0 Å². The summed E-state index contributed by atoms with van der Waals surface area (Å²) in [6.07, 6.45) is 1.18. The first-order valence-electron chi connectivity index (χ1n) is 10.0. The van der Waals surface area contributed by atoms with Gasteiger partial charge in [-0.25, -0.2) is 4.79 Å². The monoisotopic (exact) mass is 451 g/mol. The molecule has 0 spiro atoms. The molecular weight excluding hydrogens is 425 g/mol. The largest absolute Gasteiger partial charge is 0.490 e. The number of halogens is 2. The number of aliphatic hydroxyl groups is 1. The van der Waals surface area contributed by atoms with Crippen molar-refractivity contribution < 1.29 is 14.6 Å². The molecule has 8 heteroatoms. The smallest absolute Gasteiger partial charge is 0.319 e. The molecule has 1 aliphatic rings. The highest BCUT2D eigenvalue weighted by atomic mass is 35.5. The van der Waals surface area contributed by atoms with Crippen LogP contribution in [0, 0.1) is 6.92 Å². The molecular formula is C22H27Cl2N3O3. The van der Waals surface area contributed by atoms with E-state index in [1.54, 1.807) is 12.1 Å². The molecule has 162 valence electrons. The number of likely N-dealkylation sites (tertiary alicyclic amines) is 1. The van der Waals surface area contributed by atoms with Crippen LogP contribution < -0.4 is 15.4 Å². The van der Waals surface area contributed by atoms with Gasteiger partial charge in [-0.1, -0.05) is 41.4 Å². The number of β-amino-alcohol motifs (C(OH)–C–C–N with tert-alkyl or cyclic N) is 1. The van der Waals surface area contributed by atoms with E-state index in [0.29, 0.717) is 22.3 Å². The minimum Gasteiger partial charge on any atom is -0.490 e. The van der Waals surface area contributed by atoms with Crippen LogP contribution in [0.15, 0.2) is 42.5 Å². The maximum Gasteiger partial charge on any atom is 0.319 e. The van der Waals surface area contributed by atoms with Crippen LogP contribution in [0.1, 0.15) is 18.4 Å². The Morgan fingerprint density at radius 3 is 2.63 bits per heavy atom. The summed E-state index contributed by atoms with van der Waals surface area (Å²) in [6.45, 7) is 4.26. The maximum atomic E-state index is 12.0. The van der Waals surface area contributed by atoms with Crippen LogP contribution in [0.5, 0.6) is 5.75 Å². The normalized spacial score (nSPS) is 16.1. The van der Waals surface area contributed by atoms with Gasteiger partial charge in [-0.15, -0.1) is 0 Å². The third-order valence-electron chi connectivity index (χ3n) is 5.09. The predicted octanol–water partition coefficient (Wildman–Crippen LogP) is 4.33. The number of aliphatic hydroxyl groups excluding tert-OH is 1. The van der Waals surface area contributed by atoms with E-state index in [1.807, 2.05) is 37.3 Å². The van der Waals surface area contributed by atoms with E-state index in [2.05, 4.69) is 15.5 Å². The lowest BCUT2D eigenvalue weighted by Crippen LogP contribution is -2.45. The Morgan fingerprint density at radius 2 is 1.93 bits per heavy atom. The number of ether oxygens (including phenoxy) is 1. The number of hydrogen-bond donors (Lipinski definition) is 3. The van der Waals surface area contributed by atoms with E-state index in [-0.39, 0.29) is 18.7 Å². The van der Waals surface area contributed by atoms with Crippen molar-refractivity contribution >= 4 is 34.9 Å². The minimum atomic E-state index is -0.639. The Bertz CT molecular complexity index is 857. The standard InChI is InChI=1S/C22H27Cl2N3O3/c1-15-4-2-3-5-21(15)26-22(29)25-13-16(28)14-27-10-8-17(9-11-27)30-18-6-7-19(23)20(24)12-18/h2-7,12,16-17,28H,8-11,13-14H2,1H3,(H2,25,26,29)/t16-/m1/s1. The van der Waals surface area contributed by atoms with Gasteiger partial charge in [0.25, 0.3) is 0 Å². The Kier molecular flexibility index (Phi) is 8.22. The summed E-state index contributed by atoms with van der Waals surface area (Å²) < 4.78 is 5.99. The summed E-state index contributed by atoms with van der Waals surface area (Å²) in [6, 6.07) is 12.5. The molecule has 30 heavy (non-hydrogen) atoms. The number of nitrogens with zero attached hydrogens (tertiary/aromatic N) is 1. The second kappa shape index (κ2) is 10.9. The number of piperidine rings is 1. The van der Waals surface area contributed by atoms with Crippen molar-refractivity contribution in [2.45, 2.75) is 32.0 Å². The third kappa shape index (κ3) is 6.77. The number of anilines is 1. The fraction of sp³-hybridized carbons (Fsp3) is 0.409. The summed E-state index contributed by atoms with van der Waals surface area (Å²) in [5, 5.41) is 16.8. The lowest BCUT2D eigenvalue weighted by atomic mass is 10.1. The van der Waals surface area contributed by atoms with Crippen LogP contribution in [0.25, 0.3) is 0 Å². The highest BCUT2D eigenvalue weighted by Crippen LogP contribution is 2.28. The SMILES string of the molecule is Cc1ccccc1NC(=O)NC[C@@H](O)CN1CCC(Oc2ccc(Cl)c(Cl)c2)CC1. The molecule has 1 saturated heterocycles. The summed E-state index contributed by atoms with van der Waals surface area (Å²) in [4.78, 5) is 14.2. The van der Waals surface area contributed by atoms with Gasteiger partial charge in [0, 0.05) is 37.9 Å². The van der Waals surface area contributed by atoms with E-state index >= 15 is 0 Å². The lowest BCUT2D eigenvalue weighted by Gasteiger charge is -2.33. The number of nitrogens with one attached hydrogen (secondary N) is 2. The average molecular weight is 452 g/mol. The number of benzene rings is 2. The zero-order valence-corrected chi connectivity index (χ0v) is 18.4. The number of rotatable bonds is 7. The minimum absolute atomic E-state index is 0.105. The van der Waals surface area contributed by atoms with E-state index in [0.717, 1.165) is 37.2 Å². The van der Waals surface area contributed by atoms with E-state index < -0.39 is 6.10 Å². The van der Waals surface area contributed by atoms with Crippen molar-refractivity contribution in [3.8, 4) is 5.75 Å². The highest BCUT2D eigenvalue weighted by Gasteiger charge is 2.22. The van der Waals surface area contributed by atoms with Gasteiger partial charge in [-0.3, -0.25) is 0 Å². The van der Waals surface area contributed by atoms with Crippen LogP contribution >= 0.6 is 23.2 Å². The topological polar surface area (TPSA) is 73.8 Å². The summed E-state index contributed by atoms with van der Waals surface area (Å²) in [5.41, 5.74) is 1.74. The highest BCUT2D eigenvalue weighted by molar-refractivity contribution is 6.42. The van der Waals surface area contributed by atoms with Crippen molar-refractivity contribution in [3.05, 3.63) is 58.1 Å². The molecule has 6 nitrogen and oxygen atoms in total. The van der Waals surface area contributed by atoms with E-state index in [4.69, 9.17) is 27.9 Å². The molecule has 2 aromatic rings. The molecule has 3 N–H and O–H groups in total. The van der Waals surface area contributed by atoms with Crippen LogP contribution in [0.4, 0.5) is 10.5 Å². The number of hydrogen-bond acceptors (Lipinski definition) is 4. The van der Waals surface area contributed by atoms with Gasteiger partial charge in [-0.05, 0) is 43.5 Å². The van der Waals surface area contributed by atoms with Gasteiger partial charge in [0.1, 0.15) is 11.9 Å². The number of para-hydroxylation sites is 1. The molecule has 1 fully saturated rings. The molecule has 3 rings (SSSR count). The molecule has 0 unspecified atom stereocenters. The summed E-state index contributed by atoms with van der Waals surface area (Å²) >= 11 is 12.0. The van der Waals surface area contributed by atoms with Gasteiger partial charge in [0.05, 0.1) is 16.1 Å². The van der Waals surface area contributed by atoms with Crippen LogP contribution in [0.3, 0.4) is 0 Å². The third-order valence-corrected chi connectivity index (χ3v) is 5.83. The van der Waals surface area contributed by atoms with Gasteiger partial charge < -0.3 is 25.4 Å². The number of carbonyl (C=O) groups is 1. The first-order valence-corrected chi connectivity index (χ1v) is 10.8. The van der Waals surface area contributed by atoms with Crippen LogP contribution in [-0.4, -0.2) is 54.4 Å². The molecule has 2 aromatic carbocycles. The van der Waals surface area contributed by atoms with Crippen molar-refractivity contribution in [2.24, 2.45) is 0 Å². The number of amides is 2. The fourth-order valence-corrected chi connectivity index (χ4v) is 3.69. The molecule has 0 bridgehead atoms. The zero-order chi connectivity index (χ0) is 21.5. The van der Waals surface area contributed by atoms with Crippen molar-refractivity contribution in [1.29, 1.82) is 0 Å². The van der Waals surface area contributed by atoms with Crippen molar-refractivity contribution in [2.75, 3.05) is 31.5 Å².